The van der Waals surface area contributed by atoms with E-state index in [1.165, 1.54) is 64.2 Å². The number of rotatable bonds is 9. The quantitative estimate of drug-likeness (QED) is 0.321. The Kier molecular flexibility index (Phi) is 8.18. The molecular weight excluding hydrogens is 228 g/mol. The lowest BCUT2D eigenvalue weighted by atomic mass is 9.83. The Balaban J connectivity index is 2.42. The van der Waals surface area contributed by atoms with Crippen LogP contribution in [-0.4, -0.2) is 0 Å². The molecule has 0 nitrogen and oxygen atoms in total. The average molecular weight is 262 g/mol. The zero-order valence-electron chi connectivity index (χ0n) is 13.5. The van der Waals surface area contributed by atoms with Crippen LogP contribution in [0, 0.1) is 11.8 Å². The van der Waals surface area contributed by atoms with Gasteiger partial charge in [-0.15, -0.1) is 6.58 Å². The predicted molar refractivity (Wildman–Crippen MR) is 87.4 cm³/mol. The molecule has 0 saturated heterocycles. The fourth-order valence-corrected chi connectivity index (χ4v) is 3.21. The van der Waals surface area contributed by atoms with Gasteiger partial charge < -0.3 is 0 Å². The van der Waals surface area contributed by atoms with E-state index in [0.717, 1.165) is 11.8 Å². The van der Waals surface area contributed by atoms with Crippen LogP contribution in [0.4, 0.5) is 0 Å². The van der Waals surface area contributed by atoms with Crippen molar-refractivity contribution in [3.8, 4) is 0 Å². The van der Waals surface area contributed by atoms with Gasteiger partial charge in [0.25, 0.3) is 0 Å². The summed E-state index contributed by atoms with van der Waals surface area (Å²) in [6, 6.07) is 0. The molecule has 0 radical (unpaired) electrons. The van der Waals surface area contributed by atoms with Crippen molar-refractivity contribution in [1.82, 2.24) is 0 Å². The number of hydrogen-bond acceptors (Lipinski definition) is 0. The summed E-state index contributed by atoms with van der Waals surface area (Å²) >= 11 is 0. The maximum absolute atomic E-state index is 3.79. The van der Waals surface area contributed by atoms with E-state index in [4.69, 9.17) is 0 Å². The highest BCUT2D eigenvalue weighted by Gasteiger charge is 2.19. The molecule has 19 heavy (non-hydrogen) atoms. The van der Waals surface area contributed by atoms with Crippen molar-refractivity contribution >= 4 is 0 Å². The maximum Gasteiger partial charge on any atom is -0.0206 e. The Morgan fingerprint density at radius 1 is 1.05 bits per heavy atom. The summed E-state index contributed by atoms with van der Waals surface area (Å²) < 4.78 is 0. The van der Waals surface area contributed by atoms with Gasteiger partial charge in [0.05, 0.1) is 0 Å². The van der Waals surface area contributed by atoms with Crippen LogP contribution in [0.1, 0.15) is 85.0 Å². The van der Waals surface area contributed by atoms with Crippen molar-refractivity contribution in [2.75, 3.05) is 0 Å². The van der Waals surface area contributed by atoms with Crippen LogP contribution < -0.4 is 0 Å². The summed E-state index contributed by atoms with van der Waals surface area (Å²) in [6.07, 6.45) is 15.8. The van der Waals surface area contributed by atoms with E-state index in [2.05, 4.69) is 27.4 Å². The third-order valence-electron chi connectivity index (χ3n) is 4.82. The van der Waals surface area contributed by atoms with Crippen molar-refractivity contribution in [3.05, 3.63) is 23.8 Å². The molecule has 0 aromatic carbocycles. The van der Waals surface area contributed by atoms with Gasteiger partial charge in [0.15, 0.2) is 0 Å². The Hall–Kier alpha value is -0.520. The van der Waals surface area contributed by atoms with Crippen LogP contribution in [0.5, 0.6) is 0 Å². The highest BCUT2D eigenvalue weighted by atomic mass is 14.2. The molecule has 1 atom stereocenters. The molecule has 0 heteroatoms. The first-order chi connectivity index (χ1) is 9.16. The first-order valence-electron chi connectivity index (χ1n) is 8.48. The molecule has 0 N–H and O–H groups in total. The van der Waals surface area contributed by atoms with Gasteiger partial charge in [-0.25, -0.2) is 0 Å². The molecule has 0 spiro atoms. The van der Waals surface area contributed by atoms with Gasteiger partial charge in [-0.2, -0.15) is 0 Å². The fourth-order valence-electron chi connectivity index (χ4n) is 3.21. The Labute approximate surface area is 121 Å². The van der Waals surface area contributed by atoms with Crippen molar-refractivity contribution in [3.63, 3.8) is 0 Å². The second kappa shape index (κ2) is 9.39. The van der Waals surface area contributed by atoms with E-state index in [1.807, 2.05) is 17.2 Å². The standard InChI is InChI=1S/C19H34/c1-5-6-7-8-9-10-15-19(17(4)16(2)3)18-13-11-12-14-18/h5,16-17H,1,6-15H2,2-4H3. The van der Waals surface area contributed by atoms with Crippen LogP contribution in [0.2, 0.25) is 0 Å². The second-order valence-corrected chi connectivity index (χ2v) is 6.61. The lowest BCUT2D eigenvalue weighted by molar-refractivity contribution is 0.454. The molecular formula is C19H34. The molecule has 1 unspecified atom stereocenters. The molecule has 0 amide bonds. The minimum Gasteiger partial charge on any atom is -0.103 e. The molecule has 0 heterocycles. The van der Waals surface area contributed by atoms with E-state index in [-0.39, 0.29) is 0 Å². The molecule has 0 aliphatic heterocycles. The summed E-state index contributed by atoms with van der Waals surface area (Å²) in [6.45, 7) is 11.0. The third-order valence-corrected chi connectivity index (χ3v) is 4.82. The van der Waals surface area contributed by atoms with Gasteiger partial charge in [-0.3, -0.25) is 0 Å². The second-order valence-electron chi connectivity index (χ2n) is 6.61. The summed E-state index contributed by atoms with van der Waals surface area (Å²) in [4.78, 5) is 0. The van der Waals surface area contributed by atoms with Crippen molar-refractivity contribution in [1.29, 1.82) is 0 Å². The molecule has 0 aromatic heterocycles. The van der Waals surface area contributed by atoms with Gasteiger partial charge in [0.1, 0.15) is 0 Å². The van der Waals surface area contributed by atoms with Crippen molar-refractivity contribution in [2.45, 2.75) is 85.0 Å². The average Bonchev–Trinajstić information content (AvgIpc) is 2.91. The van der Waals surface area contributed by atoms with E-state index in [1.54, 1.807) is 0 Å². The van der Waals surface area contributed by atoms with E-state index in [9.17, 15) is 0 Å². The lowest BCUT2D eigenvalue weighted by Gasteiger charge is -2.23. The van der Waals surface area contributed by atoms with Crippen LogP contribution in [0.25, 0.3) is 0 Å². The van der Waals surface area contributed by atoms with Gasteiger partial charge in [-0.1, -0.05) is 50.8 Å². The van der Waals surface area contributed by atoms with Gasteiger partial charge in [0.2, 0.25) is 0 Å². The van der Waals surface area contributed by atoms with Crippen LogP contribution in [0.3, 0.4) is 0 Å². The van der Waals surface area contributed by atoms with Crippen LogP contribution in [0.15, 0.2) is 23.8 Å². The minimum atomic E-state index is 0.793. The largest absolute Gasteiger partial charge is 0.103 e. The fraction of sp³-hybridized carbons (Fsp3) is 0.789. The molecule has 1 rings (SSSR count). The van der Waals surface area contributed by atoms with Gasteiger partial charge >= 0.3 is 0 Å². The monoisotopic (exact) mass is 262 g/mol. The summed E-state index contributed by atoms with van der Waals surface area (Å²) in [5.41, 5.74) is 3.66. The number of hydrogen-bond donors (Lipinski definition) is 0. The molecule has 1 aliphatic rings. The summed E-state index contributed by atoms with van der Waals surface area (Å²) in [5.74, 6) is 1.59. The van der Waals surface area contributed by atoms with E-state index in [0.29, 0.717) is 0 Å². The van der Waals surface area contributed by atoms with Crippen LogP contribution in [-0.2, 0) is 0 Å². The molecule has 1 fully saturated rings. The summed E-state index contributed by atoms with van der Waals surface area (Å²) in [5, 5.41) is 0. The highest BCUT2D eigenvalue weighted by Crippen LogP contribution is 2.35. The Morgan fingerprint density at radius 3 is 2.26 bits per heavy atom. The molecule has 110 valence electrons. The zero-order chi connectivity index (χ0) is 14.1. The lowest BCUT2D eigenvalue weighted by Crippen LogP contribution is -2.09. The maximum atomic E-state index is 3.79. The van der Waals surface area contributed by atoms with Gasteiger partial charge in [-0.05, 0) is 63.2 Å². The Morgan fingerprint density at radius 2 is 1.68 bits per heavy atom. The highest BCUT2D eigenvalue weighted by molar-refractivity contribution is 5.19. The molecule has 0 aromatic rings. The number of allylic oxidation sites excluding steroid dienone is 3. The third kappa shape index (κ3) is 5.97. The SMILES string of the molecule is C=CCCCCCCC(=C1CCCC1)C(C)C(C)C. The van der Waals surface area contributed by atoms with Crippen molar-refractivity contribution < 1.29 is 0 Å². The topological polar surface area (TPSA) is 0 Å². The number of unbranched alkanes of at least 4 members (excludes halogenated alkanes) is 4. The molecule has 1 aliphatic carbocycles. The first-order valence-corrected chi connectivity index (χ1v) is 8.48. The molecule has 0 bridgehead atoms. The Bertz CT molecular complexity index is 274. The van der Waals surface area contributed by atoms with E-state index < -0.39 is 0 Å². The minimum absolute atomic E-state index is 0.793. The summed E-state index contributed by atoms with van der Waals surface area (Å²) in [7, 11) is 0. The predicted octanol–water partition coefficient (Wildman–Crippen LogP) is 6.68. The normalized spacial score (nSPS) is 16.9. The van der Waals surface area contributed by atoms with Gasteiger partial charge in [0, 0.05) is 0 Å². The first kappa shape index (κ1) is 16.5. The van der Waals surface area contributed by atoms with Crippen molar-refractivity contribution in [2.24, 2.45) is 11.8 Å². The smallest absolute Gasteiger partial charge is 0.0206 e. The van der Waals surface area contributed by atoms with Crippen LogP contribution >= 0.6 is 0 Å². The zero-order valence-corrected chi connectivity index (χ0v) is 13.5. The van der Waals surface area contributed by atoms with E-state index >= 15 is 0 Å². The molecule has 1 saturated carbocycles.